The van der Waals surface area contributed by atoms with Crippen LogP contribution in [0.15, 0.2) is 41.3 Å². The third kappa shape index (κ3) is 3.53. The van der Waals surface area contributed by atoms with Gasteiger partial charge in [-0.1, -0.05) is 18.2 Å². The van der Waals surface area contributed by atoms with Crippen LogP contribution in [-0.4, -0.2) is 11.6 Å². The van der Waals surface area contributed by atoms with Gasteiger partial charge in [-0.25, -0.2) is 4.98 Å². The molecular weight excluding hydrogens is 242 g/mol. The van der Waals surface area contributed by atoms with Gasteiger partial charge in [0, 0.05) is 18.7 Å². The van der Waals surface area contributed by atoms with Gasteiger partial charge in [-0.05, 0) is 6.07 Å². The first kappa shape index (κ1) is 12.5. The first-order chi connectivity index (χ1) is 8.75. The van der Waals surface area contributed by atoms with Gasteiger partial charge in [0.1, 0.15) is 12.0 Å². The van der Waals surface area contributed by atoms with Crippen LogP contribution in [0.1, 0.15) is 11.3 Å². The van der Waals surface area contributed by atoms with Crippen molar-refractivity contribution in [1.29, 1.82) is 0 Å². The van der Waals surface area contributed by atoms with E-state index in [-0.39, 0.29) is 5.75 Å². The minimum Gasteiger partial charge on any atom is -0.451 e. The van der Waals surface area contributed by atoms with Crippen molar-refractivity contribution < 1.29 is 17.9 Å². The number of aromatic nitrogens is 1. The summed E-state index contributed by atoms with van der Waals surface area (Å²) in [5, 5.41) is 3.07. The second-order valence-corrected chi connectivity index (χ2v) is 3.57. The smallest absolute Gasteiger partial charge is 0.387 e. The average Bonchev–Trinajstić information content (AvgIpc) is 2.84. The average molecular weight is 254 g/mol. The third-order valence-corrected chi connectivity index (χ3v) is 2.29. The Labute approximate surface area is 103 Å². The zero-order valence-corrected chi connectivity index (χ0v) is 9.48. The van der Waals surface area contributed by atoms with Crippen LogP contribution in [-0.2, 0) is 13.1 Å². The maximum atomic E-state index is 12.2. The lowest BCUT2D eigenvalue weighted by molar-refractivity contribution is -0.0505. The van der Waals surface area contributed by atoms with E-state index in [1.54, 1.807) is 18.2 Å². The van der Waals surface area contributed by atoms with Gasteiger partial charge in [0.25, 0.3) is 0 Å². The Morgan fingerprint density at radius 1 is 1.28 bits per heavy atom. The van der Waals surface area contributed by atoms with E-state index in [9.17, 15) is 8.78 Å². The van der Waals surface area contributed by atoms with Gasteiger partial charge in [0.2, 0.25) is 0 Å². The number of ether oxygens (including phenoxy) is 1. The second-order valence-electron chi connectivity index (χ2n) is 3.57. The summed E-state index contributed by atoms with van der Waals surface area (Å²) in [7, 11) is 0. The number of alkyl halides is 2. The number of para-hydroxylation sites is 1. The Hall–Kier alpha value is -1.95. The van der Waals surface area contributed by atoms with Gasteiger partial charge in [-0.3, -0.25) is 0 Å². The molecule has 4 nitrogen and oxygen atoms in total. The van der Waals surface area contributed by atoms with E-state index in [2.05, 4.69) is 15.0 Å². The Bertz CT molecular complexity index is 475. The summed E-state index contributed by atoms with van der Waals surface area (Å²) < 4.78 is 33.6. The van der Waals surface area contributed by atoms with Crippen molar-refractivity contribution in [2.75, 3.05) is 0 Å². The lowest BCUT2D eigenvalue weighted by Crippen LogP contribution is -2.14. The molecule has 0 saturated heterocycles. The quantitative estimate of drug-likeness (QED) is 0.860. The molecule has 0 aliphatic carbocycles. The van der Waals surface area contributed by atoms with Crippen LogP contribution >= 0.6 is 0 Å². The normalized spacial score (nSPS) is 10.8. The van der Waals surface area contributed by atoms with Crippen molar-refractivity contribution >= 4 is 0 Å². The summed E-state index contributed by atoms with van der Waals surface area (Å²) in [5.41, 5.74) is 1.42. The molecule has 0 aliphatic heterocycles. The fourth-order valence-electron chi connectivity index (χ4n) is 1.51. The summed E-state index contributed by atoms with van der Waals surface area (Å²) in [5.74, 6) is 0.181. The van der Waals surface area contributed by atoms with Crippen LogP contribution in [0.4, 0.5) is 8.78 Å². The number of halogens is 2. The van der Waals surface area contributed by atoms with E-state index in [1.165, 1.54) is 18.7 Å². The molecule has 0 bridgehead atoms. The van der Waals surface area contributed by atoms with Crippen molar-refractivity contribution in [2.45, 2.75) is 19.7 Å². The SMILES string of the molecule is FC(F)Oc1ccccc1CNCc1cocn1. The molecule has 0 amide bonds. The number of rotatable bonds is 6. The third-order valence-electron chi connectivity index (χ3n) is 2.29. The molecule has 18 heavy (non-hydrogen) atoms. The number of benzene rings is 1. The molecule has 2 aromatic rings. The summed E-state index contributed by atoms with van der Waals surface area (Å²) in [6, 6.07) is 6.66. The van der Waals surface area contributed by atoms with Crippen LogP contribution in [0.2, 0.25) is 0 Å². The fraction of sp³-hybridized carbons (Fsp3) is 0.250. The van der Waals surface area contributed by atoms with Crippen LogP contribution in [0.25, 0.3) is 0 Å². The minimum absolute atomic E-state index is 0.181. The summed E-state index contributed by atoms with van der Waals surface area (Å²) >= 11 is 0. The van der Waals surface area contributed by atoms with E-state index >= 15 is 0 Å². The summed E-state index contributed by atoms with van der Waals surface area (Å²) in [6.07, 6.45) is 2.86. The molecule has 0 unspecified atom stereocenters. The maximum absolute atomic E-state index is 12.2. The number of nitrogens with zero attached hydrogens (tertiary/aromatic N) is 1. The molecule has 0 atom stereocenters. The Kier molecular flexibility index (Phi) is 4.25. The topological polar surface area (TPSA) is 47.3 Å². The number of oxazole rings is 1. The van der Waals surface area contributed by atoms with Gasteiger partial charge in [-0.15, -0.1) is 0 Å². The van der Waals surface area contributed by atoms with Crippen molar-refractivity contribution in [2.24, 2.45) is 0 Å². The van der Waals surface area contributed by atoms with E-state index < -0.39 is 6.61 Å². The Morgan fingerprint density at radius 2 is 2.11 bits per heavy atom. The standard InChI is InChI=1S/C12H12F2N2O2/c13-12(14)18-11-4-2-1-3-9(11)5-15-6-10-7-17-8-16-10/h1-4,7-8,12,15H,5-6H2. The fourth-order valence-corrected chi connectivity index (χ4v) is 1.51. The molecule has 0 spiro atoms. The van der Waals surface area contributed by atoms with Gasteiger partial charge in [0.05, 0.1) is 5.69 Å². The number of nitrogens with one attached hydrogen (secondary N) is 1. The Morgan fingerprint density at radius 3 is 2.83 bits per heavy atom. The molecule has 1 aromatic carbocycles. The predicted molar refractivity (Wildman–Crippen MR) is 60.1 cm³/mol. The zero-order valence-electron chi connectivity index (χ0n) is 9.48. The lowest BCUT2D eigenvalue weighted by Gasteiger charge is -2.10. The zero-order chi connectivity index (χ0) is 12.8. The maximum Gasteiger partial charge on any atom is 0.387 e. The molecule has 0 fully saturated rings. The minimum atomic E-state index is -2.82. The molecule has 0 aliphatic rings. The van der Waals surface area contributed by atoms with Gasteiger partial charge < -0.3 is 14.5 Å². The summed E-state index contributed by atoms with van der Waals surface area (Å²) in [6.45, 7) is -1.91. The molecule has 6 heteroatoms. The molecule has 96 valence electrons. The first-order valence-electron chi connectivity index (χ1n) is 5.36. The highest BCUT2D eigenvalue weighted by atomic mass is 19.3. The summed E-state index contributed by atoms with van der Waals surface area (Å²) in [4.78, 5) is 3.94. The second kappa shape index (κ2) is 6.11. The van der Waals surface area contributed by atoms with Gasteiger partial charge in [-0.2, -0.15) is 8.78 Å². The highest BCUT2D eigenvalue weighted by molar-refractivity contribution is 5.33. The largest absolute Gasteiger partial charge is 0.451 e. The molecule has 1 aromatic heterocycles. The molecule has 1 heterocycles. The molecule has 0 saturated carbocycles. The van der Waals surface area contributed by atoms with Crippen molar-refractivity contribution in [3.63, 3.8) is 0 Å². The lowest BCUT2D eigenvalue weighted by atomic mass is 10.2. The van der Waals surface area contributed by atoms with E-state index in [4.69, 9.17) is 4.42 Å². The number of hydrogen-bond acceptors (Lipinski definition) is 4. The first-order valence-corrected chi connectivity index (χ1v) is 5.36. The predicted octanol–water partition coefficient (Wildman–Crippen LogP) is 2.57. The monoisotopic (exact) mass is 254 g/mol. The van der Waals surface area contributed by atoms with Crippen molar-refractivity contribution in [3.05, 3.63) is 48.2 Å². The van der Waals surface area contributed by atoms with Crippen LogP contribution in [0, 0.1) is 0 Å². The van der Waals surface area contributed by atoms with Crippen LogP contribution < -0.4 is 10.1 Å². The molecular formula is C12H12F2N2O2. The van der Waals surface area contributed by atoms with Crippen molar-refractivity contribution in [1.82, 2.24) is 10.3 Å². The van der Waals surface area contributed by atoms with E-state index in [0.717, 1.165) is 5.69 Å². The Balaban J connectivity index is 1.92. The molecule has 2 rings (SSSR count). The van der Waals surface area contributed by atoms with E-state index in [0.29, 0.717) is 18.7 Å². The van der Waals surface area contributed by atoms with Gasteiger partial charge >= 0.3 is 6.61 Å². The molecule has 1 N–H and O–H groups in total. The van der Waals surface area contributed by atoms with E-state index in [1.807, 2.05) is 0 Å². The van der Waals surface area contributed by atoms with Crippen LogP contribution in [0.5, 0.6) is 5.75 Å². The highest BCUT2D eigenvalue weighted by Gasteiger charge is 2.08. The van der Waals surface area contributed by atoms with Crippen molar-refractivity contribution in [3.8, 4) is 5.75 Å². The van der Waals surface area contributed by atoms with Gasteiger partial charge in [0.15, 0.2) is 6.39 Å². The highest BCUT2D eigenvalue weighted by Crippen LogP contribution is 2.19. The number of hydrogen-bond donors (Lipinski definition) is 1. The molecule has 0 radical (unpaired) electrons. The van der Waals surface area contributed by atoms with Crippen LogP contribution in [0.3, 0.4) is 0 Å².